The maximum absolute atomic E-state index is 12.9. The Balaban J connectivity index is 2.07. The third-order valence-corrected chi connectivity index (χ3v) is 5.44. The summed E-state index contributed by atoms with van der Waals surface area (Å²) in [5.41, 5.74) is 2.13. The van der Waals surface area contributed by atoms with Gasteiger partial charge in [0.05, 0.1) is 0 Å². The summed E-state index contributed by atoms with van der Waals surface area (Å²) < 4.78 is 5.66. The van der Waals surface area contributed by atoms with Crippen LogP contribution in [-0.2, 0) is 5.41 Å². The van der Waals surface area contributed by atoms with E-state index in [1.54, 1.807) is 6.08 Å². The molecular weight excluding hydrogens is 260 g/mol. The molecule has 0 aliphatic heterocycles. The van der Waals surface area contributed by atoms with E-state index < -0.39 is 0 Å². The Kier molecular flexibility index (Phi) is 3.23. The number of ketones is 1. The molecule has 0 aromatic heterocycles. The van der Waals surface area contributed by atoms with Crippen molar-refractivity contribution >= 4 is 5.78 Å². The van der Waals surface area contributed by atoms with Gasteiger partial charge >= 0.3 is 0 Å². The molecular formula is C19H24O2. The number of carbonyl (C=O) groups excluding carboxylic acids is 1. The van der Waals surface area contributed by atoms with Gasteiger partial charge in [-0.3, -0.25) is 4.79 Å². The molecule has 112 valence electrons. The van der Waals surface area contributed by atoms with Crippen LogP contribution >= 0.6 is 0 Å². The molecule has 1 aromatic rings. The van der Waals surface area contributed by atoms with Gasteiger partial charge in [0.2, 0.25) is 0 Å². The zero-order chi connectivity index (χ0) is 15.3. The average Bonchev–Trinajstić information content (AvgIpc) is 2.65. The van der Waals surface area contributed by atoms with Crippen molar-refractivity contribution in [2.75, 3.05) is 6.61 Å². The number of hydrogen-bond donors (Lipinski definition) is 0. The van der Waals surface area contributed by atoms with Crippen molar-refractivity contribution in [3.05, 3.63) is 42.0 Å². The van der Waals surface area contributed by atoms with Crippen LogP contribution in [0, 0.1) is 11.3 Å². The molecule has 0 N–H and O–H groups in total. The van der Waals surface area contributed by atoms with Gasteiger partial charge in [0.1, 0.15) is 12.4 Å². The molecule has 2 nitrogen and oxygen atoms in total. The molecule has 1 fully saturated rings. The minimum absolute atomic E-state index is 0.0400. The fourth-order valence-corrected chi connectivity index (χ4v) is 4.61. The number of fused-ring (bicyclic) bond motifs is 3. The Labute approximate surface area is 127 Å². The second kappa shape index (κ2) is 4.72. The first-order chi connectivity index (χ1) is 9.90. The van der Waals surface area contributed by atoms with Gasteiger partial charge in [-0.1, -0.05) is 39.8 Å². The Morgan fingerprint density at radius 1 is 1.33 bits per heavy atom. The van der Waals surface area contributed by atoms with Gasteiger partial charge in [0.25, 0.3) is 0 Å². The van der Waals surface area contributed by atoms with Gasteiger partial charge < -0.3 is 4.74 Å². The summed E-state index contributed by atoms with van der Waals surface area (Å²) in [6, 6.07) is 5.95. The van der Waals surface area contributed by atoms with Crippen molar-refractivity contribution in [1.29, 1.82) is 0 Å². The van der Waals surface area contributed by atoms with Crippen LogP contribution < -0.4 is 4.74 Å². The molecule has 0 heterocycles. The van der Waals surface area contributed by atoms with E-state index in [2.05, 4.69) is 33.4 Å². The topological polar surface area (TPSA) is 26.3 Å². The predicted molar refractivity (Wildman–Crippen MR) is 84.9 cm³/mol. The summed E-state index contributed by atoms with van der Waals surface area (Å²) in [6.45, 7) is 10.9. The highest BCUT2D eigenvalue weighted by atomic mass is 16.5. The van der Waals surface area contributed by atoms with Crippen LogP contribution in [0.2, 0.25) is 0 Å². The lowest BCUT2D eigenvalue weighted by atomic mass is 9.56. The SMILES string of the molecule is C=CCOc1ccc2c(c1)C1(C)CCCC(C)(C)C1C2=O. The van der Waals surface area contributed by atoms with Gasteiger partial charge in [-0.05, 0) is 42.0 Å². The molecule has 3 rings (SSSR count). The van der Waals surface area contributed by atoms with Crippen LogP contribution in [0.4, 0.5) is 0 Å². The molecule has 2 aliphatic carbocycles. The van der Waals surface area contributed by atoms with Crippen LogP contribution in [0.3, 0.4) is 0 Å². The molecule has 2 atom stereocenters. The third-order valence-electron chi connectivity index (χ3n) is 5.44. The van der Waals surface area contributed by atoms with Crippen LogP contribution in [-0.4, -0.2) is 12.4 Å². The second-order valence-corrected chi connectivity index (χ2v) is 7.36. The van der Waals surface area contributed by atoms with E-state index in [1.807, 2.05) is 12.1 Å². The average molecular weight is 284 g/mol. The number of hydrogen-bond acceptors (Lipinski definition) is 2. The summed E-state index contributed by atoms with van der Waals surface area (Å²) in [4.78, 5) is 12.9. The first-order valence-corrected chi connectivity index (χ1v) is 7.82. The standard InChI is InChI=1S/C19H24O2/c1-5-11-21-13-7-8-14-15(12-13)19(4)10-6-9-18(2,3)17(19)16(14)20/h5,7-8,12,17H,1,6,9-11H2,2-4H3. The Hall–Kier alpha value is -1.57. The number of Topliss-reactive ketones (excluding diaryl/α,β-unsaturated/α-hetero) is 1. The summed E-state index contributed by atoms with van der Waals surface area (Å²) in [5, 5.41) is 0. The van der Waals surface area contributed by atoms with E-state index in [1.165, 1.54) is 12.0 Å². The maximum Gasteiger partial charge on any atom is 0.167 e. The van der Waals surface area contributed by atoms with Crippen molar-refractivity contribution in [1.82, 2.24) is 0 Å². The zero-order valence-electron chi connectivity index (χ0n) is 13.2. The van der Waals surface area contributed by atoms with Crippen LogP contribution in [0.25, 0.3) is 0 Å². The van der Waals surface area contributed by atoms with Crippen molar-refractivity contribution in [2.45, 2.75) is 45.4 Å². The summed E-state index contributed by atoms with van der Waals surface area (Å²) in [5.74, 6) is 1.27. The van der Waals surface area contributed by atoms with Gasteiger partial charge in [0.15, 0.2) is 5.78 Å². The third kappa shape index (κ3) is 2.04. The molecule has 1 saturated carbocycles. The molecule has 0 spiro atoms. The lowest BCUT2D eigenvalue weighted by molar-refractivity contribution is 0.0500. The molecule has 2 aliphatic rings. The first-order valence-electron chi connectivity index (χ1n) is 7.82. The van der Waals surface area contributed by atoms with Gasteiger partial charge in [-0.25, -0.2) is 0 Å². The van der Waals surface area contributed by atoms with E-state index in [4.69, 9.17) is 4.74 Å². The normalized spacial score (nSPS) is 29.7. The minimum Gasteiger partial charge on any atom is -0.490 e. The number of benzene rings is 1. The van der Waals surface area contributed by atoms with E-state index in [-0.39, 0.29) is 16.7 Å². The fourth-order valence-electron chi connectivity index (χ4n) is 4.61. The summed E-state index contributed by atoms with van der Waals surface area (Å²) in [7, 11) is 0. The highest BCUT2D eigenvalue weighted by Gasteiger charge is 2.56. The second-order valence-electron chi connectivity index (χ2n) is 7.36. The summed E-state index contributed by atoms with van der Waals surface area (Å²) >= 11 is 0. The molecule has 1 aromatic carbocycles. The van der Waals surface area contributed by atoms with Gasteiger partial charge in [0, 0.05) is 16.9 Å². The molecule has 21 heavy (non-hydrogen) atoms. The Bertz CT molecular complexity index is 600. The van der Waals surface area contributed by atoms with Gasteiger partial charge in [-0.2, -0.15) is 0 Å². The highest BCUT2D eigenvalue weighted by Crippen LogP contribution is 2.58. The van der Waals surface area contributed by atoms with Gasteiger partial charge in [-0.15, -0.1) is 0 Å². The predicted octanol–water partition coefficient (Wildman–Crippen LogP) is 4.53. The van der Waals surface area contributed by atoms with E-state index in [0.717, 1.165) is 24.2 Å². The zero-order valence-corrected chi connectivity index (χ0v) is 13.2. The van der Waals surface area contributed by atoms with E-state index in [9.17, 15) is 4.79 Å². The minimum atomic E-state index is -0.0400. The Morgan fingerprint density at radius 3 is 2.81 bits per heavy atom. The largest absolute Gasteiger partial charge is 0.490 e. The van der Waals surface area contributed by atoms with Crippen LogP contribution in [0.1, 0.15) is 56.0 Å². The smallest absolute Gasteiger partial charge is 0.167 e. The number of ether oxygens (including phenoxy) is 1. The molecule has 0 saturated heterocycles. The van der Waals surface area contributed by atoms with Crippen molar-refractivity contribution < 1.29 is 9.53 Å². The van der Waals surface area contributed by atoms with E-state index >= 15 is 0 Å². The number of rotatable bonds is 3. The maximum atomic E-state index is 12.9. The summed E-state index contributed by atoms with van der Waals surface area (Å²) in [6.07, 6.45) is 5.15. The number of carbonyl (C=O) groups is 1. The van der Waals surface area contributed by atoms with E-state index in [0.29, 0.717) is 12.4 Å². The first kappa shape index (κ1) is 14.4. The van der Waals surface area contributed by atoms with Crippen LogP contribution in [0.15, 0.2) is 30.9 Å². The lowest BCUT2D eigenvalue weighted by Crippen LogP contribution is -2.44. The van der Waals surface area contributed by atoms with Crippen molar-refractivity contribution in [3.8, 4) is 5.75 Å². The molecule has 0 bridgehead atoms. The van der Waals surface area contributed by atoms with Crippen molar-refractivity contribution in [3.63, 3.8) is 0 Å². The van der Waals surface area contributed by atoms with Crippen LogP contribution in [0.5, 0.6) is 5.75 Å². The molecule has 0 radical (unpaired) electrons. The molecule has 2 heteroatoms. The Morgan fingerprint density at radius 2 is 2.10 bits per heavy atom. The lowest BCUT2D eigenvalue weighted by Gasteiger charge is -2.46. The monoisotopic (exact) mass is 284 g/mol. The highest BCUT2D eigenvalue weighted by molar-refractivity contribution is 6.04. The molecule has 0 amide bonds. The van der Waals surface area contributed by atoms with Crippen molar-refractivity contribution in [2.24, 2.45) is 11.3 Å². The molecule has 2 unspecified atom stereocenters. The quantitative estimate of drug-likeness (QED) is 0.762. The fraction of sp³-hybridized carbons (Fsp3) is 0.526.